The highest BCUT2D eigenvalue weighted by molar-refractivity contribution is 6.03. The fraction of sp³-hybridized carbons (Fsp3) is 0.429. The molecule has 1 aliphatic heterocycles. The van der Waals surface area contributed by atoms with E-state index < -0.39 is 6.04 Å². The Bertz CT molecular complexity index is 496. The topological polar surface area (TPSA) is 57.6 Å². The summed E-state index contributed by atoms with van der Waals surface area (Å²) >= 11 is 0. The van der Waals surface area contributed by atoms with Gasteiger partial charge in [-0.25, -0.2) is 0 Å². The van der Waals surface area contributed by atoms with Crippen molar-refractivity contribution in [2.75, 3.05) is 6.54 Å². The van der Waals surface area contributed by atoms with Gasteiger partial charge in [0.1, 0.15) is 5.75 Å². The lowest BCUT2D eigenvalue weighted by Crippen LogP contribution is -2.39. The van der Waals surface area contributed by atoms with Gasteiger partial charge in [-0.3, -0.25) is 9.59 Å². The maximum Gasteiger partial charge on any atom is 0.223 e. The third-order valence-electron chi connectivity index (χ3n) is 3.37. The lowest BCUT2D eigenvalue weighted by molar-refractivity contribution is -0.128. The van der Waals surface area contributed by atoms with E-state index in [4.69, 9.17) is 0 Å². The Balaban J connectivity index is 2.25. The summed E-state index contributed by atoms with van der Waals surface area (Å²) in [6.07, 6.45) is 1.31. The number of phenolic OH excluding ortho intramolecular Hbond substituents is 1. The molecule has 0 radical (unpaired) electrons. The Morgan fingerprint density at radius 2 is 2.17 bits per heavy atom. The summed E-state index contributed by atoms with van der Waals surface area (Å²) in [4.78, 5) is 25.5. The van der Waals surface area contributed by atoms with E-state index in [2.05, 4.69) is 0 Å². The fourth-order valence-electron chi connectivity index (χ4n) is 2.29. The highest BCUT2D eigenvalue weighted by Gasteiger charge is 2.30. The summed E-state index contributed by atoms with van der Waals surface area (Å²) in [6.45, 7) is 4.20. The predicted molar refractivity (Wildman–Crippen MR) is 67.6 cm³/mol. The number of benzene rings is 1. The van der Waals surface area contributed by atoms with E-state index in [-0.39, 0.29) is 17.4 Å². The van der Waals surface area contributed by atoms with Crippen molar-refractivity contribution in [2.24, 2.45) is 0 Å². The van der Waals surface area contributed by atoms with Gasteiger partial charge in [0.25, 0.3) is 0 Å². The normalized spacial score (nSPS) is 17.0. The molecule has 1 aliphatic rings. The zero-order valence-corrected chi connectivity index (χ0v) is 10.6. The summed E-state index contributed by atoms with van der Waals surface area (Å²) in [5.74, 6) is -0.210. The quantitative estimate of drug-likeness (QED) is 0.830. The summed E-state index contributed by atoms with van der Waals surface area (Å²) in [7, 11) is 0. The molecule has 4 nitrogen and oxygen atoms in total. The Hall–Kier alpha value is -1.84. The van der Waals surface area contributed by atoms with Crippen LogP contribution in [0.2, 0.25) is 0 Å². The summed E-state index contributed by atoms with van der Waals surface area (Å²) < 4.78 is 0. The van der Waals surface area contributed by atoms with E-state index in [1.54, 1.807) is 24.0 Å². The van der Waals surface area contributed by atoms with Crippen molar-refractivity contribution in [3.8, 4) is 5.75 Å². The largest absolute Gasteiger partial charge is 0.507 e. The van der Waals surface area contributed by atoms with Crippen LogP contribution in [0.4, 0.5) is 0 Å². The first-order valence-corrected chi connectivity index (χ1v) is 6.14. The van der Waals surface area contributed by atoms with Crippen LogP contribution in [-0.2, 0) is 4.79 Å². The van der Waals surface area contributed by atoms with Crippen LogP contribution in [0, 0.1) is 6.92 Å². The van der Waals surface area contributed by atoms with E-state index in [1.807, 2.05) is 6.92 Å². The first-order chi connectivity index (χ1) is 8.50. The minimum Gasteiger partial charge on any atom is -0.507 e. The van der Waals surface area contributed by atoms with Crippen LogP contribution < -0.4 is 0 Å². The van der Waals surface area contributed by atoms with E-state index in [9.17, 15) is 14.7 Å². The number of hydrogen-bond donors (Lipinski definition) is 1. The third-order valence-corrected chi connectivity index (χ3v) is 3.37. The van der Waals surface area contributed by atoms with Crippen LogP contribution in [-0.4, -0.2) is 34.3 Å². The molecular formula is C14H17NO3. The smallest absolute Gasteiger partial charge is 0.223 e. The lowest BCUT2D eigenvalue weighted by atomic mass is 10.0. The van der Waals surface area contributed by atoms with Gasteiger partial charge < -0.3 is 10.0 Å². The van der Waals surface area contributed by atoms with Crippen molar-refractivity contribution in [1.29, 1.82) is 0 Å². The molecule has 1 fully saturated rings. The number of rotatable bonds is 3. The van der Waals surface area contributed by atoms with Crippen LogP contribution in [0.1, 0.15) is 35.7 Å². The van der Waals surface area contributed by atoms with Crippen molar-refractivity contribution in [3.05, 3.63) is 29.3 Å². The third kappa shape index (κ3) is 2.23. The van der Waals surface area contributed by atoms with Crippen molar-refractivity contribution in [2.45, 2.75) is 32.7 Å². The molecule has 0 saturated carbocycles. The van der Waals surface area contributed by atoms with Gasteiger partial charge in [-0.15, -0.1) is 0 Å². The number of ketones is 1. The maximum atomic E-state index is 12.3. The molecule has 0 spiro atoms. The second-order valence-corrected chi connectivity index (χ2v) is 4.75. The number of Topliss-reactive ketones (excluding diaryl/α,β-unsaturated/α-hetero) is 1. The fourth-order valence-corrected chi connectivity index (χ4v) is 2.29. The van der Waals surface area contributed by atoms with E-state index >= 15 is 0 Å². The molecule has 1 unspecified atom stereocenters. The Kier molecular flexibility index (Phi) is 3.36. The number of aromatic hydroxyl groups is 1. The molecule has 96 valence electrons. The molecule has 1 aromatic rings. The SMILES string of the molecule is Cc1ccc(O)c(C(=O)C(C)N2CCCC2=O)c1. The summed E-state index contributed by atoms with van der Waals surface area (Å²) in [5, 5.41) is 9.74. The zero-order valence-electron chi connectivity index (χ0n) is 10.6. The highest BCUT2D eigenvalue weighted by Crippen LogP contribution is 2.23. The van der Waals surface area contributed by atoms with Gasteiger partial charge in [0.15, 0.2) is 5.78 Å². The molecule has 0 bridgehead atoms. The van der Waals surface area contributed by atoms with Crippen LogP contribution in [0.5, 0.6) is 5.75 Å². The van der Waals surface area contributed by atoms with Crippen molar-refractivity contribution in [3.63, 3.8) is 0 Å². The number of hydrogen-bond acceptors (Lipinski definition) is 3. The molecular weight excluding hydrogens is 230 g/mol. The lowest BCUT2D eigenvalue weighted by Gasteiger charge is -2.23. The zero-order chi connectivity index (χ0) is 13.3. The number of carbonyl (C=O) groups is 2. The van der Waals surface area contributed by atoms with Gasteiger partial charge in [0, 0.05) is 13.0 Å². The first kappa shape index (κ1) is 12.6. The molecule has 1 N–H and O–H groups in total. The standard InChI is InChI=1S/C14H17NO3/c1-9-5-6-12(16)11(8-9)14(18)10(2)15-7-3-4-13(15)17/h5-6,8,10,16H,3-4,7H2,1-2H3. The summed E-state index contributed by atoms with van der Waals surface area (Å²) in [6, 6.07) is 4.42. The van der Waals surface area contributed by atoms with Crippen molar-refractivity contribution < 1.29 is 14.7 Å². The number of aryl methyl sites for hydroxylation is 1. The molecule has 0 aromatic heterocycles. The number of amides is 1. The van der Waals surface area contributed by atoms with Crippen LogP contribution in [0.15, 0.2) is 18.2 Å². The maximum absolute atomic E-state index is 12.3. The van der Waals surface area contributed by atoms with Crippen LogP contribution >= 0.6 is 0 Å². The van der Waals surface area contributed by atoms with Gasteiger partial charge in [-0.2, -0.15) is 0 Å². The van der Waals surface area contributed by atoms with Gasteiger partial charge in [0.05, 0.1) is 11.6 Å². The number of nitrogens with zero attached hydrogens (tertiary/aromatic N) is 1. The van der Waals surface area contributed by atoms with E-state index in [1.165, 1.54) is 6.07 Å². The highest BCUT2D eigenvalue weighted by atomic mass is 16.3. The Morgan fingerprint density at radius 3 is 2.78 bits per heavy atom. The van der Waals surface area contributed by atoms with E-state index in [0.29, 0.717) is 18.5 Å². The molecule has 1 aromatic carbocycles. The Morgan fingerprint density at radius 1 is 1.44 bits per heavy atom. The molecule has 0 aliphatic carbocycles. The van der Waals surface area contributed by atoms with Crippen LogP contribution in [0.25, 0.3) is 0 Å². The number of phenols is 1. The molecule has 1 saturated heterocycles. The minimum absolute atomic E-state index is 0.0167. The molecule has 18 heavy (non-hydrogen) atoms. The minimum atomic E-state index is -0.507. The average Bonchev–Trinajstić information content (AvgIpc) is 2.77. The number of likely N-dealkylation sites (tertiary alicyclic amines) is 1. The van der Waals surface area contributed by atoms with Gasteiger partial charge in [-0.05, 0) is 32.4 Å². The molecule has 2 rings (SSSR count). The average molecular weight is 247 g/mol. The van der Waals surface area contributed by atoms with E-state index in [0.717, 1.165) is 12.0 Å². The second kappa shape index (κ2) is 4.80. The van der Waals surface area contributed by atoms with Crippen molar-refractivity contribution >= 4 is 11.7 Å². The van der Waals surface area contributed by atoms with Crippen molar-refractivity contribution in [1.82, 2.24) is 4.90 Å². The van der Waals surface area contributed by atoms with Gasteiger partial charge in [0.2, 0.25) is 5.91 Å². The van der Waals surface area contributed by atoms with Gasteiger partial charge in [-0.1, -0.05) is 11.6 Å². The van der Waals surface area contributed by atoms with Gasteiger partial charge >= 0.3 is 0 Å². The molecule has 4 heteroatoms. The number of carbonyl (C=O) groups excluding carboxylic acids is 2. The second-order valence-electron chi connectivity index (χ2n) is 4.75. The van der Waals surface area contributed by atoms with Crippen LogP contribution in [0.3, 0.4) is 0 Å². The molecule has 1 amide bonds. The first-order valence-electron chi connectivity index (χ1n) is 6.14. The monoisotopic (exact) mass is 247 g/mol. The predicted octanol–water partition coefficient (Wildman–Crippen LogP) is 1.89. The Labute approximate surface area is 106 Å². The molecule has 1 heterocycles. The molecule has 1 atom stereocenters. The summed E-state index contributed by atoms with van der Waals surface area (Å²) in [5.41, 5.74) is 1.21.